The van der Waals surface area contributed by atoms with Crippen molar-refractivity contribution in [3.63, 3.8) is 0 Å². The normalized spacial score (nSPS) is 10.8. The molecule has 0 fully saturated rings. The highest BCUT2D eigenvalue weighted by atomic mass is 19.1. The van der Waals surface area contributed by atoms with Gasteiger partial charge in [-0.1, -0.05) is 0 Å². The van der Waals surface area contributed by atoms with Crippen LogP contribution in [0, 0.1) is 15.9 Å². The largest absolute Gasteiger partial charge is 0.378 e. The molecule has 0 aliphatic carbocycles. The Morgan fingerprint density at radius 1 is 1.10 bits per heavy atom. The number of hydrogen-bond donors (Lipinski definition) is 3. The van der Waals surface area contributed by atoms with Gasteiger partial charge in [-0.05, 0) is 30.3 Å². The van der Waals surface area contributed by atoms with Gasteiger partial charge in [-0.3, -0.25) is 14.5 Å². The number of anilines is 3. The third-order valence-corrected chi connectivity index (χ3v) is 4.34. The van der Waals surface area contributed by atoms with E-state index in [1.54, 1.807) is 28.9 Å². The molecule has 3 heterocycles. The van der Waals surface area contributed by atoms with Gasteiger partial charge in [0, 0.05) is 43.2 Å². The van der Waals surface area contributed by atoms with Gasteiger partial charge in [-0.2, -0.15) is 0 Å². The van der Waals surface area contributed by atoms with E-state index in [4.69, 9.17) is 5.73 Å². The first-order valence-corrected chi connectivity index (χ1v) is 9.00. The Kier molecular flexibility index (Phi) is 5.08. The van der Waals surface area contributed by atoms with Crippen LogP contribution in [0.2, 0.25) is 0 Å². The van der Waals surface area contributed by atoms with E-state index in [9.17, 15) is 14.5 Å². The second-order valence-electron chi connectivity index (χ2n) is 6.34. The van der Waals surface area contributed by atoms with Gasteiger partial charge in [-0.15, -0.1) is 0 Å². The minimum absolute atomic E-state index is 0.147. The van der Waals surface area contributed by atoms with Crippen LogP contribution in [0.25, 0.3) is 16.9 Å². The molecule has 152 valence electrons. The molecule has 0 radical (unpaired) electrons. The van der Waals surface area contributed by atoms with E-state index in [2.05, 4.69) is 25.6 Å². The van der Waals surface area contributed by atoms with E-state index in [0.29, 0.717) is 36.2 Å². The van der Waals surface area contributed by atoms with Crippen molar-refractivity contribution in [2.45, 2.75) is 0 Å². The number of imidazole rings is 1. The molecule has 4 N–H and O–H groups in total. The maximum Gasteiger partial charge on any atom is 0.311 e. The summed E-state index contributed by atoms with van der Waals surface area (Å²) in [6.45, 7) is 0.939. The van der Waals surface area contributed by atoms with E-state index < -0.39 is 4.92 Å². The minimum atomic E-state index is -0.580. The number of fused-ring (bicyclic) bond motifs is 1. The van der Waals surface area contributed by atoms with Gasteiger partial charge in [0.15, 0.2) is 0 Å². The molecular weight excluding hydrogens is 391 g/mol. The standard InChI is InChI=1S/C19H17FN8O2/c20-13-3-1-12(2-4-13)14-11-17-23-9-10-27(17)19(25-14)24-8-7-22-16-6-5-15(28(29)30)18(21)26-16/h1-6,9-11H,7-8H2,(H,24,25)(H3,21,22,26). The monoisotopic (exact) mass is 408 g/mol. The number of pyridine rings is 1. The fourth-order valence-corrected chi connectivity index (χ4v) is 2.90. The molecule has 0 spiro atoms. The van der Waals surface area contributed by atoms with Gasteiger partial charge in [0.05, 0.1) is 10.6 Å². The molecule has 0 atom stereocenters. The molecule has 3 aromatic heterocycles. The zero-order valence-corrected chi connectivity index (χ0v) is 15.6. The first-order chi connectivity index (χ1) is 14.5. The second-order valence-corrected chi connectivity index (χ2v) is 6.34. The molecule has 0 saturated carbocycles. The van der Waals surface area contributed by atoms with Gasteiger partial charge < -0.3 is 16.4 Å². The summed E-state index contributed by atoms with van der Waals surface area (Å²) in [5.74, 6) is 0.542. The Labute approximate surface area is 169 Å². The van der Waals surface area contributed by atoms with E-state index >= 15 is 0 Å². The van der Waals surface area contributed by atoms with Crippen molar-refractivity contribution in [2.75, 3.05) is 29.5 Å². The Balaban J connectivity index is 1.46. The lowest BCUT2D eigenvalue weighted by Crippen LogP contribution is -2.17. The van der Waals surface area contributed by atoms with E-state index in [-0.39, 0.29) is 17.3 Å². The highest BCUT2D eigenvalue weighted by Gasteiger charge is 2.13. The minimum Gasteiger partial charge on any atom is -0.378 e. The number of hydrogen-bond acceptors (Lipinski definition) is 8. The Hall–Kier alpha value is -4.28. The van der Waals surface area contributed by atoms with Crippen LogP contribution < -0.4 is 16.4 Å². The van der Waals surface area contributed by atoms with Crippen LogP contribution in [0.5, 0.6) is 0 Å². The fourth-order valence-electron chi connectivity index (χ4n) is 2.90. The molecule has 0 saturated heterocycles. The third-order valence-electron chi connectivity index (χ3n) is 4.34. The third kappa shape index (κ3) is 3.94. The van der Waals surface area contributed by atoms with Crippen molar-refractivity contribution in [3.8, 4) is 11.3 Å². The lowest BCUT2D eigenvalue weighted by molar-refractivity contribution is -0.384. The first-order valence-electron chi connectivity index (χ1n) is 9.00. The molecule has 0 aliphatic rings. The SMILES string of the molecule is Nc1nc(NCCNc2nc(-c3ccc(F)cc3)cc3nccn23)ccc1[N+](=O)[O-]. The van der Waals surface area contributed by atoms with Crippen LogP contribution >= 0.6 is 0 Å². The predicted molar refractivity (Wildman–Crippen MR) is 111 cm³/mol. The smallest absolute Gasteiger partial charge is 0.311 e. The molecule has 0 bridgehead atoms. The zero-order valence-electron chi connectivity index (χ0n) is 15.6. The number of aromatic nitrogens is 4. The summed E-state index contributed by atoms with van der Waals surface area (Å²) in [5, 5.41) is 17.1. The maximum atomic E-state index is 13.2. The van der Waals surface area contributed by atoms with E-state index in [1.807, 2.05) is 6.07 Å². The van der Waals surface area contributed by atoms with Gasteiger partial charge in [-0.25, -0.2) is 19.3 Å². The van der Waals surface area contributed by atoms with Crippen LogP contribution in [0.3, 0.4) is 0 Å². The van der Waals surface area contributed by atoms with Gasteiger partial charge in [0.25, 0.3) is 0 Å². The summed E-state index contributed by atoms with van der Waals surface area (Å²) in [6.07, 6.45) is 3.45. The summed E-state index contributed by atoms with van der Waals surface area (Å²) in [6, 6.07) is 10.7. The van der Waals surface area contributed by atoms with Crippen molar-refractivity contribution >= 4 is 28.9 Å². The number of nitro groups is 1. The number of nitrogens with zero attached hydrogens (tertiary/aromatic N) is 5. The van der Waals surface area contributed by atoms with Crippen molar-refractivity contribution < 1.29 is 9.31 Å². The highest BCUT2D eigenvalue weighted by molar-refractivity contribution is 5.66. The molecule has 10 nitrogen and oxygen atoms in total. The number of benzene rings is 1. The van der Waals surface area contributed by atoms with Crippen LogP contribution in [0.1, 0.15) is 0 Å². The summed E-state index contributed by atoms with van der Waals surface area (Å²) in [5.41, 5.74) is 7.50. The average Bonchev–Trinajstić information content (AvgIpc) is 3.20. The van der Waals surface area contributed by atoms with Crippen LogP contribution in [0.4, 0.5) is 27.7 Å². The highest BCUT2D eigenvalue weighted by Crippen LogP contribution is 2.22. The van der Waals surface area contributed by atoms with Crippen molar-refractivity contribution in [3.05, 3.63) is 70.8 Å². The van der Waals surface area contributed by atoms with Gasteiger partial charge >= 0.3 is 5.69 Å². The summed E-state index contributed by atoms with van der Waals surface area (Å²) in [7, 11) is 0. The average molecular weight is 408 g/mol. The van der Waals surface area contributed by atoms with Crippen LogP contribution in [-0.4, -0.2) is 37.4 Å². The molecule has 1 aromatic carbocycles. The van der Waals surface area contributed by atoms with Gasteiger partial charge in [0.1, 0.15) is 17.3 Å². The molecule has 0 amide bonds. The maximum absolute atomic E-state index is 13.2. The number of nitrogen functional groups attached to an aromatic ring is 1. The molecule has 30 heavy (non-hydrogen) atoms. The Bertz CT molecular complexity index is 1210. The van der Waals surface area contributed by atoms with E-state index in [1.165, 1.54) is 24.3 Å². The van der Waals surface area contributed by atoms with E-state index in [0.717, 1.165) is 5.56 Å². The molecule has 4 rings (SSSR count). The molecule has 11 heteroatoms. The van der Waals surface area contributed by atoms with Crippen molar-refractivity contribution in [1.82, 2.24) is 19.4 Å². The fraction of sp³-hybridized carbons (Fsp3) is 0.105. The van der Waals surface area contributed by atoms with Gasteiger partial charge in [0.2, 0.25) is 11.8 Å². The second kappa shape index (κ2) is 7.99. The van der Waals surface area contributed by atoms with Crippen molar-refractivity contribution in [1.29, 1.82) is 0 Å². The number of halogens is 1. The molecule has 0 unspecified atom stereocenters. The van der Waals surface area contributed by atoms with Crippen LogP contribution in [0.15, 0.2) is 54.9 Å². The molecule has 4 aromatic rings. The Morgan fingerprint density at radius 3 is 2.60 bits per heavy atom. The number of nitrogens with one attached hydrogen (secondary N) is 2. The summed E-state index contributed by atoms with van der Waals surface area (Å²) in [4.78, 5) is 23.1. The first kappa shape index (κ1) is 19.1. The van der Waals surface area contributed by atoms with Crippen LogP contribution in [-0.2, 0) is 0 Å². The summed E-state index contributed by atoms with van der Waals surface area (Å²) < 4.78 is 15.0. The number of rotatable bonds is 7. The lowest BCUT2D eigenvalue weighted by atomic mass is 10.1. The van der Waals surface area contributed by atoms with Crippen molar-refractivity contribution in [2.24, 2.45) is 0 Å². The lowest BCUT2D eigenvalue weighted by Gasteiger charge is -2.11. The molecule has 0 aliphatic heterocycles. The summed E-state index contributed by atoms with van der Waals surface area (Å²) >= 11 is 0. The molecular formula is C19H17FN8O2. The predicted octanol–water partition coefficient (Wildman–Crippen LogP) is 2.94. The quantitative estimate of drug-likeness (QED) is 0.241. The topological polar surface area (TPSA) is 136 Å². The number of nitrogens with two attached hydrogens (primary N) is 1. The zero-order chi connectivity index (χ0) is 21.1. The Morgan fingerprint density at radius 2 is 1.87 bits per heavy atom.